The molecule has 104 valence electrons. The molecule has 1 aliphatic rings. The third-order valence-electron chi connectivity index (χ3n) is 3.09. The summed E-state index contributed by atoms with van der Waals surface area (Å²) in [6.07, 6.45) is 2.93. The van der Waals surface area contributed by atoms with Crippen molar-refractivity contribution in [2.45, 2.75) is 45.3 Å². The zero-order valence-electron chi connectivity index (χ0n) is 11.6. The first kappa shape index (κ1) is 13.6. The average Bonchev–Trinajstić information content (AvgIpc) is 2.76. The number of likely N-dealkylation sites (tertiary alicyclic amines) is 1. The summed E-state index contributed by atoms with van der Waals surface area (Å²) >= 11 is 0. The molecule has 0 aromatic carbocycles. The number of nitrogens with zero attached hydrogens (tertiary/aromatic N) is 1. The summed E-state index contributed by atoms with van der Waals surface area (Å²) in [7, 11) is 0. The van der Waals surface area contributed by atoms with E-state index >= 15 is 0 Å². The van der Waals surface area contributed by atoms with Gasteiger partial charge in [-0.3, -0.25) is 4.79 Å². The molecule has 1 aromatic heterocycles. The number of aromatic amines is 1. The highest BCUT2D eigenvalue weighted by atomic mass is 16.6. The molecule has 1 fully saturated rings. The molecular formula is C14H20N2O3. The Morgan fingerprint density at radius 2 is 2.21 bits per heavy atom. The molecular weight excluding hydrogens is 244 g/mol. The Morgan fingerprint density at radius 3 is 2.84 bits per heavy atom. The van der Waals surface area contributed by atoms with Gasteiger partial charge < -0.3 is 14.6 Å². The van der Waals surface area contributed by atoms with Crippen molar-refractivity contribution < 1.29 is 9.53 Å². The Labute approximate surface area is 112 Å². The highest BCUT2D eigenvalue weighted by Gasteiger charge is 2.34. The van der Waals surface area contributed by atoms with Crippen LogP contribution in [0, 0.1) is 0 Å². The summed E-state index contributed by atoms with van der Waals surface area (Å²) in [5, 5.41) is 0. The van der Waals surface area contributed by atoms with Crippen LogP contribution in [0.3, 0.4) is 0 Å². The standard InChI is InChI=1S/C14H20N2O3/c1-14(2,3)19-13(18)16-9-5-7-11(16)10-6-4-8-15-12(10)17/h4,6,8,11H,5,7,9H2,1-3H3,(H,15,17)/t11-/m0/s1. The molecule has 1 N–H and O–H groups in total. The first-order valence-corrected chi connectivity index (χ1v) is 6.56. The second kappa shape index (κ2) is 5.07. The van der Waals surface area contributed by atoms with Gasteiger partial charge >= 0.3 is 6.09 Å². The summed E-state index contributed by atoms with van der Waals surface area (Å²) in [5.41, 5.74) is -0.0262. The number of aromatic nitrogens is 1. The number of hydrogen-bond donors (Lipinski definition) is 1. The van der Waals surface area contributed by atoms with Crippen molar-refractivity contribution in [1.82, 2.24) is 9.88 Å². The molecule has 1 aliphatic heterocycles. The molecule has 2 rings (SSSR count). The van der Waals surface area contributed by atoms with Gasteiger partial charge in [0, 0.05) is 18.3 Å². The van der Waals surface area contributed by atoms with Crippen LogP contribution in [0.4, 0.5) is 4.79 Å². The summed E-state index contributed by atoms with van der Waals surface area (Å²) in [6, 6.07) is 3.37. The lowest BCUT2D eigenvalue weighted by Gasteiger charge is -2.28. The fourth-order valence-corrected chi connectivity index (χ4v) is 2.33. The van der Waals surface area contributed by atoms with Crippen LogP contribution in [0.5, 0.6) is 0 Å². The highest BCUT2D eigenvalue weighted by Crippen LogP contribution is 2.31. The van der Waals surface area contributed by atoms with Gasteiger partial charge in [-0.05, 0) is 45.7 Å². The minimum absolute atomic E-state index is 0.136. The molecule has 1 amide bonds. The van der Waals surface area contributed by atoms with Gasteiger partial charge in [-0.1, -0.05) is 0 Å². The summed E-state index contributed by atoms with van der Waals surface area (Å²) in [4.78, 5) is 28.3. The van der Waals surface area contributed by atoms with Crippen molar-refractivity contribution in [1.29, 1.82) is 0 Å². The maximum atomic E-state index is 12.1. The number of nitrogens with one attached hydrogen (secondary N) is 1. The molecule has 2 heterocycles. The van der Waals surface area contributed by atoms with E-state index in [1.807, 2.05) is 20.8 Å². The second-order valence-electron chi connectivity index (χ2n) is 5.79. The minimum Gasteiger partial charge on any atom is -0.444 e. The van der Waals surface area contributed by atoms with Crippen molar-refractivity contribution in [3.8, 4) is 0 Å². The predicted octanol–water partition coefficient (Wildman–Crippen LogP) is 2.45. The van der Waals surface area contributed by atoms with E-state index in [-0.39, 0.29) is 17.7 Å². The van der Waals surface area contributed by atoms with Gasteiger partial charge in [-0.15, -0.1) is 0 Å². The molecule has 1 aromatic rings. The smallest absolute Gasteiger partial charge is 0.410 e. The fraction of sp³-hybridized carbons (Fsp3) is 0.571. The van der Waals surface area contributed by atoms with E-state index in [9.17, 15) is 9.59 Å². The predicted molar refractivity (Wildman–Crippen MR) is 72.0 cm³/mol. The van der Waals surface area contributed by atoms with E-state index in [2.05, 4.69) is 4.98 Å². The lowest BCUT2D eigenvalue weighted by molar-refractivity contribution is 0.0223. The molecule has 0 spiro atoms. The third-order valence-corrected chi connectivity index (χ3v) is 3.09. The first-order chi connectivity index (χ1) is 8.88. The van der Waals surface area contributed by atoms with Crippen molar-refractivity contribution >= 4 is 6.09 Å². The van der Waals surface area contributed by atoms with Crippen LogP contribution in [0.25, 0.3) is 0 Å². The molecule has 5 nitrogen and oxygen atoms in total. The lowest BCUT2D eigenvalue weighted by atomic mass is 10.1. The van der Waals surface area contributed by atoms with Crippen molar-refractivity contribution in [2.24, 2.45) is 0 Å². The van der Waals surface area contributed by atoms with Crippen LogP contribution in [0.15, 0.2) is 23.1 Å². The van der Waals surface area contributed by atoms with E-state index < -0.39 is 5.60 Å². The number of ether oxygens (including phenoxy) is 1. The topological polar surface area (TPSA) is 62.4 Å². The van der Waals surface area contributed by atoms with Crippen LogP contribution in [0.2, 0.25) is 0 Å². The summed E-state index contributed by atoms with van der Waals surface area (Å²) in [5.74, 6) is 0. The van der Waals surface area contributed by atoms with Crippen LogP contribution in [-0.4, -0.2) is 28.1 Å². The van der Waals surface area contributed by atoms with E-state index in [0.717, 1.165) is 12.8 Å². The summed E-state index contributed by atoms with van der Waals surface area (Å²) < 4.78 is 5.39. The van der Waals surface area contributed by atoms with Gasteiger partial charge in [0.15, 0.2) is 0 Å². The number of hydrogen-bond acceptors (Lipinski definition) is 3. The number of H-pyrrole nitrogens is 1. The molecule has 1 saturated heterocycles. The number of pyridine rings is 1. The summed E-state index contributed by atoms with van der Waals surface area (Å²) in [6.45, 7) is 6.15. The monoisotopic (exact) mass is 264 g/mol. The number of carbonyl (C=O) groups is 1. The molecule has 0 unspecified atom stereocenters. The Bertz CT molecular complexity index is 516. The Hall–Kier alpha value is -1.78. The van der Waals surface area contributed by atoms with Gasteiger partial charge in [-0.2, -0.15) is 0 Å². The van der Waals surface area contributed by atoms with Gasteiger partial charge in [0.2, 0.25) is 0 Å². The number of amides is 1. The van der Waals surface area contributed by atoms with Crippen molar-refractivity contribution in [3.05, 3.63) is 34.2 Å². The number of carbonyl (C=O) groups excluding carboxylic acids is 1. The number of rotatable bonds is 1. The minimum atomic E-state index is -0.521. The van der Waals surface area contributed by atoms with Crippen LogP contribution >= 0.6 is 0 Å². The quantitative estimate of drug-likeness (QED) is 0.847. The van der Waals surface area contributed by atoms with E-state index in [1.54, 1.807) is 23.2 Å². The SMILES string of the molecule is CC(C)(C)OC(=O)N1CCC[C@H]1c1ccc[nH]c1=O. The fourth-order valence-electron chi connectivity index (χ4n) is 2.33. The molecule has 0 aliphatic carbocycles. The van der Waals surface area contributed by atoms with Gasteiger partial charge in [0.1, 0.15) is 5.60 Å². The second-order valence-corrected chi connectivity index (χ2v) is 5.79. The van der Waals surface area contributed by atoms with E-state index in [1.165, 1.54) is 0 Å². The highest BCUT2D eigenvalue weighted by molar-refractivity contribution is 5.69. The lowest BCUT2D eigenvalue weighted by Crippen LogP contribution is -2.37. The van der Waals surface area contributed by atoms with E-state index in [0.29, 0.717) is 12.1 Å². The normalized spacial score (nSPS) is 19.5. The van der Waals surface area contributed by atoms with Gasteiger partial charge in [-0.25, -0.2) is 4.79 Å². The molecule has 1 atom stereocenters. The maximum Gasteiger partial charge on any atom is 0.410 e. The molecule has 0 radical (unpaired) electrons. The van der Waals surface area contributed by atoms with Crippen molar-refractivity contribution in [3.63, 3.8) is 0 Å². The average molecular weight is 264 g/mol. The van der Waals surface area contributed by atoms with Crippen LogP contribution < -0.4 is 5.56 Å². The Balaban J connectivity index is 2.20. The maximum absolute atomic E-state index is 12.1. The van der Waals surface area contributed by atoms with E-state index in [4.69, 9.17) is 4.74 Å². The third kappa shape index (κ3) is 3.16. The van der Waals surface area contributed by atoms with Gasteiger partial charge in [0.25, 0.3) is 5.56 Å². The molecule has 5 heteroatoms. The zero-order valence-corrected chi connectivity index (χ0v) is 11.6. The van der Waals surface area contributed by atoms with Crippen LogP contribution in [-0.2, 0) is 4.74 Å². The first-order valence-electron chi connectivity index (χ1n) is 6.56. The van der Waals surface area contributed by atoms with Gasteiger partial charge in [0.05, 0.1) is 6.04 Å². The molecule has 0 saturated carbocycles. The molecule has 0 bridgehead atoms. The Kier molecular flexibility index (Phi) is 3.64. The Morgan fingerprint density at radius 1 is 1.47 bits per heavy atom. The largest absolute Gasteiger partial charge is 0.444 e. The van der Waals surface area contributed by atoms with Crippen molar-refractivity contribution in [2.75, 3.05) is 6.54 Å². The molecule has 19 heavy (non-hydrogen) atoms. The van der Waals surface area contributed by atoms with Crippen LogP contribution in [0.1, 0.15) is 45.2 Å². The zero-order chi connectivity index (χ0) is 14.0.